The Balaban J connectivity index is 1.66. The lowest BCUT2D eigenvalue weighted by Gasteiger charge is -2.01. The van der Waals surface area contributed by atoms with Crippen molar-refractivity contribution in [2.45, 2.75) is 13.8 Å². The molecular weight excluding hydrogens is 352 g/mol. The summed E-state index contributed by atoms with van der Waals surface area (Å²) in [7, 11) is 0. The summed E-state index contributed by atoms with van der Waals surface area (Å²) in [4.78, 5) is 2.71. The van der Waals surface area contributed by atoms with E-state index in [2.05, 4.69) is 86.6 Å². The standard InChI is InChI=1S/C24H18S2/c1-15-7-3-5-9-19(15)23-12-17-11-18-13-24(20-10-6-4-8-16(20)2)26-22(18)14-21(17)25-23/h3-14H,1-2H3. The van der Waals surface area contributed by atoms with E-state index in [0.717, 1.165) is 0 Å². The average Bonchev–Trinajstić information content (AvgIpc) is 3.23. The van der Waals surface area contributed by atoms with Crippen LogP contribution in [-0.4, -0.2) is 0 Å². The highest BCUT2D eigenvalue weighted by molar-refractivity contribution is 7.24. The van der Waals surface area contributed by atoms with Gasteiger partial charge in [-0.1, -0.05) is 48.5 Å². The Labute approximate surface area is 161 Å². The van der Waals surface area contributed by atoms with Gasteiger partial charge in [0.05, 0.1) is 0 Å². The van der Waals surface area contributed by atoms with Crippen molar-refractivity contribution in [3.8, 4) is 20.9 Å². The lowest BCUT2D eigenvalue weighted by molar-refractivity contribution is 1.48. The number of hydrogen-bond acceptors (Lipinski definition) is 2. The molecule has 3 aromatic carbocycles. The maximum atomic E-state index is 2.36. The average molecular weight is 371 g/mol. The molecule has 0 fully saturated rings. The lowest BCUT2D eigenvalue weighted by atomic mass is 10.1. The quantitative estimate of drug-likeness (QED) is 0.295. The molecule has 0 aliphatic heterocycles. The van der Waals surface area contributed by atoms with E-state index in [9.17, 15) is 0 Å². The molecule has 5 aromatic rings. The van der Waals surface area contributed by atoms with Crippen molar-refractivity contribution in [2.75, 3.05) is 0 Å². The Hall–Kier alpha value is -2.42. The summed E-state index contributed by atoms with van der Waals surface area (Å²) < 4.78 is 2.74. The van der Waals surface area contributed by atoms with Gasteiger partial charge in [-0.25, -0.2) is 0 Å². The van der Waals surface area contributed by atoms with Crippen LogP contribution >= 0.6 is 22.7 Å². The zero-order valence-electron chi connectivity index (χ0n) is 14.7. The summed E-state index contributed by atoms with van der Waals surface area (Å²) in [6.07, 6.45) is 0. The van der Waals surface area contributed by atoms with Crippen molar-refractivity contribution in [3.63, 3.8) is 0 Å². The molecule has 0 amide bonds. The highest BCUT2D eigenvalue weighted by Gasteiger charge is 2.11. The number of aryl methyl sites for hydroxylation is 2. The molecule has 0 atom stereocenters. The van der Waals surface area contributed by atoms with E-state index < -0.39 is 0 Å². The van der Waals surface area contributed by atoms with Gasteiger partial charge in [0.2, 0.25) is 0 Å². The fraction of sp³-hybridized carbons (Fsp3) is 0.0833. The normalized spacial score (nSPS) is 11.5. The number of rotatable bonds is 2. The van der Waals surface area contributed by atoms with Crippen LogP contribution in [-0.2, 0) is 0 Å². The molecule has 0 bridgehead atoms. The van der Waals surface area contributed by atoms with Crippen molar-refractivity contribution < 1.29 is 0 Å². The number of benzene rings is 3. The summed E-state index contributed by atoms with van der Waals surface area (Å²) in [5.41, 5.74) is 5.36. The number of fused-ring (bicyclic) bond motifs is 2. The number of hydrogen-bond donors (Lipinski definition) is 0. The molecule has 0 unspecified atom stereocenters. The molecule has 0 aliphatic rings. The molecule has 0 spiro atoms. The van der Waals surface area contributed by atoms with E-state index >= 15 is 0 Å². The van der Waals surface area contributed by atoms with E-state index in [-0.39, 0.29) is 0 Å². The van der Waals surface area contributed by atoms with Crippen molar-refractivity contribution in [1.82, 2.24) is 0 Å². The van der Waals surface area contributed by atoms with Crippen LogP contribution in [0.2, 0.25) is 0 Å². The van der Waals surface area contributed by atoms with Gasteiger partial charge in [0.25, 0.3) is 0 Å². The first-order valence-electron chi connectivity index (χ1n) is 8.78. The Morgan fingerprint density at radius 2 is 1.00 bits per heavy atom. The maximum Gasteiger partial charge on any atom is 0.0363 e. The summed E-state index contributed by atoms with van der Waals surface area (Å²) in [6.45, 7) is 4.37. The van der Waals surface area contributed by atoms with Crippen LogP contribution in [0.4, 0.5) is 0 Å². The van der Waals surface area contributed by atoms with Gasteiger partial charge in [0.15, 0.2) is 0 Å². The molecule has 0 radical (unpaired) electrons. The third kappa shape index (κ3) is 2.57. The highest BCUT2D eigenvalue weighted by atomic mass is 32.1. The molecule has 0 aliphatic carbocycles. The van der Waals surface area contributed by atoms with E-state index in [1.165, 1.54) is 52.2 Å². The minimum Gasteiger partial charge on any atom is -0.135 e. The second kappa shape index (κ2) is 6.08. The van der Waals surface area contributed by atoms with E-state index in [1.807, 2.05) is 22.7 Å². The van der Waals surface area contributed by atoms with Gasteiger partial charge in [-0.05, 0) is 71.1 Å². The third-order valence-corrected chi connectivity index (χ3v) is 7.24. The summed E-state index contributed by atoms with van der Waals surface area (Å²) in [5, 5.41) is 2.68. The summed E-state index contributed by atoms with van der Waals surface area (Å²) in [6, 6.07) is 26.7. The minimum atomic E-state index is 1.34. The van der Waals surface area contributed by atoms with Crippen LogP contribution in [0.15, 0.2) is 72.8 Å². The van der Waals surface area contributed by atoms with Crippen molar-refractivity contribution in [1.29, 1.82) is 0 Å². The van der Waals surface area contributed by atoms with Gasteiger partial charge in [-0.2, -0.15) is 0 Å². The van der Waals surface area contributed by atoms with Crippen LogP contribution in [0, 0.1) is 13.8 Å². The molecule has 26 heavy (non-hydrogen) atoms. The molecule has 2 heteroatoms. The second-order valence-electron chi connectivity index (χ2n) is 6.78. The van der Waals surface area contributed by atoms with Crippen LogP contribution in [0.25, 0.3) is 41.1 Å². The van der Waals surface area contributed by atoms with Gasteiger partial charge >= 0.3 is 0 Å². The van der Waals surface area contributed by atoms with Gasteiger partial charge in [0, 0.05) is 19.2 Å². The third-order valence-electron chi connectivity index (χ3n) is 4.98. The predicted octanol–water partition coefficient (Wildman–Crippen LogP) is 8.07. The fourth-order valence-electron chi connectivity index (χ4n) is 3.54. The Morgan fingerprint density at radius 3 is 1.46 bits per heavy atom. The monoisotopic (exact) mass is 370 g/mol. The maximum absolute atomic E-state index is 2.36. The highest BCUT2D eigenvalue weighted by Crippen LogP contribution is 2.41. The van der Waals surface area contributed by atoms with Gasteiger partial charge in [0.1, 0.15) is 0 Å². The molecule has 5 rings (SSSR count). The molecule has 2 aromatic heterocycles. The molecule has 2 heterocycles. The zero-order chi connectivity index (χ0) is 17.7. The fourth-order valence-corrected chi connectivity index (χ4v) is 5.96. The Bertz CT molecular complexity index is 1110. The molecule has 0 saturated heterocycles. The van der Waals surface area contributed by atoms with Crippen molar-refractivity contribution >= 4 is 42.8 Å². The molecule has 0 saturated carbocycles. The first-order valence-corrected chi connectivity index (χ1v) is 10.4. The van der Waals surface area contributed by atoms with Crippen LogP contribution in [0.1, 0.15) is 11.1 Å². The molecule has 0 N–H and O–H groups in total. The summed E-state index contributed by atoms with van der Waals surface area (Å²) in [5.74, 6) is 0. The minimum absolute atomic E-state index is 1.34. The Kier molecular flexibility index (Phi) is 3.70. The predicted molar refractivity (Wildman–Crippen MR) is 118 cm³/mol. The van der Waals surface area contributed by atoms with Gasteiger partial charge in [-0.15, -0.1) is 22.7 Å². The Morgan fingerprint density at radius 1 is 0.538 bits per heavy atom. The lowest BCUT2D eigenvalue weighted by Crippen LogP contribution is -1.77. The second-order valence-corrected chi connectivity index (χ2v) is 8.95. The van der Waals surface area contributed by atoms with Crippen LogP contribution in [0.5, 0.6) is 0 Å². The van der Waals surface area contributed by atoms with Gasteiger partial charge < -0.3 is 0 Å². The first-order chi connectivity index (χ1) is 12.7. The SMILES string of the molecule is Cc1ccccc1-c1cc2cc3cc(-c4ccccc4C)sc3cc2s1. The molecular formula is C24H18S2. The molecule has 126 valence electrons. The van der Waals surface area contributed by atoms with Crippen LogP contribution < -0.4 is 0 Å². The first kappa shape index (κ1) is 15.8. The van der Waals surface area contributed by atoms with Crippen molar-refractivity contribution in [2.24, 2.45) is 0 Å². The smallest absolute Gasteiger partial charge is 0.0363 e. The number of thiophene rings is 2. The van der Waals surface area contributed by atoms with Crippen molar-refractivity contribution in [3.05, 3.63) is 83.9 Å². The zero-order valence-corrected chi connectivity index (χ0v) is 16.4. The topological polar surface area (TPSA) is 0 Å². The summed E-state index contributed by atoms with van der Waals surface area (Å²) >= 11 is 3.79. The largest absolute Gasteiger partial charge is 0.135 e. The van der Waals surface area contributed by atoms with Gasteiger partial charge in [-0.3, -0.25) is 0 Å². The van der Waals surface area contributed by atoms with E-state index in [1.54, 1.807) is 0 Å². The van der Waals surface area contributed by atoms with E-state index in [0.29, 0.717) is 0 Å². The molecule has 0 nitrogen and oxygen atoms in total. The van der Waals surface area contributed by atoms with E-state index in [4.69, 9.17) is 0 Å². The van der Waals surface area contributed by atoms with Crippen LogP contribution in [0.3, 0.4) is 0 Å².